The van der Waals surface area contributed by atoms with Crippen molar-refractivity contribution >= 4 is 46.9 Å². The molecule has 0 unspecified atom stereocenters. The number of hydrogen-bond donors (Lipinski definition) is 11. The summed E-state index contributed by atoms with van der Waals surface area (Å²) in [5.41, 5.74) is -2.50. The number of phenolic OH excluding ortho intramolecular Hbond substituents is 2. The standard InChI is InChI=1S/C35H39F2NO7.C21H26F2O6.C19H21NO4/c1-33-16-30(43)35(37)24(14-26(36)25-13-22(40)8-9-34(25,35)2)23(33)15-29(31(33)28(42)17-39)45-32(44)20-7-6-19(27(41)12-20)10-18-4-3-5-21(38)11-18;1-18-4-3-10(25)5-13(18)14(22)6-12-11-7-15(26)21(29,17(28)9-24)19(11,2)8-16(27)20(12,18)23;1-19(2,3)24-18(23)20-16-6-4-5-13(10-16)9-15-8-7-14(12-21)11-17(15)22/h3-9,11-13,23-24,26,29-32,39,41,43-44H,10,14-17,38H2,1-2H3;3-5,11-12,14-16,24,26-27,29H,6-9H2,1-2H3;4-8,10-12,22H,9H2,1-3H3,(H,20,23)/t23-,24-,26-,29+,30-,31-,32-,33-,34-,35-;11-,12-,14-,15+,16-,18-,19-,20-,21-;/m00./s1. The van der Waals surface area contributed by atoms with Crippen molar-refractivity contribution in [2.24, 2.45) is 51.2 Å². The Balaban J connectivity index is 0.000000170. The Hall–Kier alpha value is -7.74. The minimum Gasteiger partial charge on any atom is -0.508 e. The van der Waals surface area contributed by atoms with Gasteiger partial charge in [-0.1, -0.05) is 74.5 Å². The molecule has 0 spiro atoms. The molecule has 8 aliphatic carbocycles. The molecule has 4 aromatic carbocycles. The fourth-order valence-corrected chi connectivity index (χ4v) is 18.1. The summed E-state index contributed by atoms with van der Waals surface area (Å²) in [6, 6.07) is 24.0. The van der Waals surface area contributed by atoms with Crippen molar-refractivity contribution in [2.45, 2.75) is 165 Å². The summed E-state index contributed by atoms with van der Waals surface area (Å²) >= 11 is 0. The van der Waals surface area contributed by atoms with E-state index >= 15 is 17.6 Å². The van der Waals surface area contributed by atoms with Gasteiger partial charge in [-0.05, 0) is 184 Å². The number of carbonyl (C=O) groups is 6. The number of rotatable bonds is 13. The molecule has 0 aromatic heterocycles. The fourth-order valence-electron chi connectivity index (χ4n) is 18.1. The minimum absolute atomic E-state index is 0.000376. The van der Waals surface area contributed by atoms with Crippen LogP contribution in [0.4, 0.5) is 33.7 Å². The number of aliphatic hydroxyl groups is 7. The number of allylic oxidation sites excluding steroid dienone is 8. The monoisotopic (exact) mass is 1360 g/mol. The number of nitrogens with one attached hydrogen (secondary N) is 1. The number of fused-ring (bicyclic) bond motifs is 10. The topological polar surface area (TPSA) is 341 Å². The van der Waals surface area contributed by atoms with E-state index < -0.39 is 159 Å². The number of carbonyl (C=O) groups excluding carboxylic acids is 6. The first-order chi connectivity index (χ1) is 45.9. The van der Waals surface area contributed by atoms with Gasteiger partial charge in [0.25, 0.3) is 0 Å². The highest BCUT2D eigenvalue weighted by Gasteiger charge is 2.78. The van der Waals surface area contributed by atoms with Crippen LogP contribution in [0.1, 0.15) is 131 Å². The van der Waals surface area contributed by atoms with E-state index in [2.05, 4.69) is 5.32 Å². The summed E-state index contributed by atoms with van der Waals surface area (Å²) in [6.45, 7) is 9.71. The van der Waals surface area contributed by atoms with Gasteiger partial charge in [0.1, 0.15) is 48.9 Å². The summed E-state index contributed by atoms with van der Waals surface area (Å²) in [5.74, 6) is -7.12. The Labute approximate surface area is 564 Å². The molecule has 6 fully saturated rings. The highest BCUT2D eigenvalue weighted by molar-refractivity contribution is 6.02. The molecule has 4 aromatic rings. The first-order valence-electron chi connectivity index (χ1n) is 32.8. The molecule has 8 aliphatic rings. The fraction of sp³-hybridized carbons (Fsp3) is 0.493. The van der Waals surface area contributed by atoms with Gasteiger partial charge in [-0.25, -0.2) is 22.4 Å². The predicted octanol–water partition coefficient (Wildman–Crippen LogP) is 8.76. The lowest BCUT2D eigenvalue weighted by Crippen LogP contribution is -2.70. The highest BCUT2D eigenvalue weighted by Crippen LogP contribution is 2.72. The van der Waals surface area contributed by atoms with Crippen molar-refractivity contribution in [3.8, 4) is 11.5 Å². The smallest absolute Gasteiger partial charge is 0.412 e. The number of ether oxygens (including phenoxy) is 2. The maximum atomic E-state index is 17.5. The maximum absolute atomic E-state index is 17.5. The molecule has 0 saturated heterocycles. The molecule has 0 aliphatic heterocycles. The Bertz CT molecular complexity index is 3950. The van der Waals surface area contributed by atoms with Crippen LogP contribution in [0.5, 0.6) is 11.5 Å². The SMILES string of the molecule is CC(C)(C)OC(=O)Nc1cccc(Cc2ccc(C=O)cc2O)c1.C[C@]12C=CC(=O)C=C1[C@@H](F)C[C@H]1[C@@H]3C[C@@H](O)[C@](O)(C(=O)CO)[C@@]3(C)C[C@H](O)[C@@]12F.C[C@]12C[C@H](O)[C@@]3(F)[C@@H](C[C@H](F)C4=CC(=O)C=C[C@@]43C)[C@@H]1C[C@@H](O[C@H](O)c1ccc(Cc3cccc(N)c3)c(O)c1)[C@@H]2C(=O)CO. The predicted molar refractivity (Wildman–Crippen MR) is 351 cm³/mol. The zero-order chi connectivity index (χ0) is 71.8. The van der Waals surface area contributed by atoms with Gasteiger partial charge in [0, 0.05) is 63.4 Å². The van der Waals surface area contributed by atoms with Gasteiger partial charge < -0.3 is 61.2 Å². The average Bonchev–Trinajstić information content (AvgIpc) is 1.33. The van der Waals surface area contributed by atoms with Gasteiger partial charge in [-0.2, -0.15) is 0 Å². The van der Waals surface area contributed by atoms with Crippen LogP contribution in [0.3, 0.4) is 0 Å². The molecule has 6 saturated carbocycles. The third-order valence-corrected chi connectivity index (χ3v) is 22.8. The van der Waals surface area contributed by atoms with Gasteiger partial charge >= 0.3 is 6.09 Å². The van der Waals surface area contributed by atoms with Crippen LogP contribution in [0.25, 0.3) is 0 Å². The molecular weight excluding hydrogens is 1280 g/mol. The number of aromatic hydroxyl groups is 2. The number of phenols is 2. The molecule has 526 valence electrons. The number of Topliss-reactive ketones (excluding diaryl/α,β-unsaturated/α-hetero) is 2. The van der Waals surface area contributed by atoms with E-state index in [1.54, 1.807) is 70.2 Å². The number of hydrogen-bond acceptors (Lipinski definition) is 18. The molecular formula is C75H86F4N2O17. The summed E-state index contributed by atoms with van der Waals surface area (Å²) in [5, 5.41) is 98.0. The third kappa shape index (κ3) is 12.5. The lowest BCUT2D eigenvalue weighted by molar-refractivity contribution is -0.226. The molecule has 1 amide bonds. The number of aldehydes is 1. The van der Waals surface area contributed by atoms with E-state index in [0.29, 0.717) is 47.2 Å². The number of alkyl halides is 4. The summed E-state index contributed by atoms with van der Waals surface area (Å²) < 4.78 is 76.5. The van der Waals surface area contributed by atoms with Crippen LogP contribution >= 0.6 is 0 Å². The van der Waals surface area contributed by atoms with E-state index in [4.69, 9.17) is 15.2 Å². The zero-order valence-electron chi connectivity index (χ0n) is 55.5. The summed E-state index contributed by atoms with van der Waals surface area (Å²) in [6.07, 6.45) is -3.72. The molecule has 12 N–H and O–H groups in total. The van der Waals surface area contributed by atoms with E-state index in [-0.39, 0.29) is 66.7 Å². The van der Waals surface area contributed by atoms with Gasteiger partial charge in [0.15, 0.2) is 46.4 Å². The van der Waals surface area contributed by atoms with E-state index in [9.17, 15) is 74.7 Å². The first-order valence-corrected chi connectivity index (χ1v) is 32.8. The average molecular weight is 1360 g/mol. The second-order valence-electron chi connectivity index (χ2n) is 29.6. The normalized spacial score (nSPS) is 35.9. The third-order valence-electron chi connectivity index (χ3n) is 22.8. The van der Waals surface area contributed by atoms with Crippen LogP contribution in [0.2, 0.25) is 0 Å². The Kier molecular flexibility index (Phi) is 19.9. The maximum Gasteiger partial charge on any atom is 0.412 e. The second kappa shape index (κ2) is 26.7. The molecule has 12 rings (SSSR count). The first kappa shape index (κ1) is 73.0. The van der Waals surface area contributed by atoms with Crippen molar-refractivity contribution in [3.63, 3.8) is 0 Å². The van der Waals surface area contributed by atoms with Crippen LogP contribution in [0, 0.1) is 51.2 Å². The van der Waals surface area contributed by atoms with Gasteiger partial charge in [-0.3, -0.25) is 29.3 Å². The number of ketones is 4. The Morgan fingerprint density at radius 3 is 1.77 bits per heavy atom. The van der Waals surface area contributed by atoms with Crippen molar-refractivity contribution in [1.29, 1.82) is 0 Å². The number of aliphatic hydroxyl groups excluding tert-OH is 6. The molecule has 98 heavy (non-hydrogen) atoms. The minimum atomic E-state index is -2.37. The second-order valence-corrected chi connectivity index (χ2v) is 29.6. The van der Waals surface area contributed by atoms with E-state index in [0.717, 1.165) is 29.4 Å². The number of nitrogen functional groups attached to an aromatic ring is 1. The van der Waals surface area contributed by atoms with Crippen molar-refractivity contribution in [1.82, 2.24) is 0 Å². The quantitative estimate of drug-likeness (QED) is 0.0258. The molecule has 19 atom stereocenters. The van der Waals surface area contributed by atoms with Gasteiger partial charge in [0.05, 0.1) is 30.3 Å². The van der Waals surface area contributed by atoms with E-state index in [1.165, 1.54) is 51.1 Å². The van der Waals surface area contributed by atoms with Crippen LogP contribution in [0.15, 0.2) is 133 Å². The lowest BCUT2D eigenvalue weighted by atomic mass is 9.44. The lowest BCUT2D eigenvalue weighted by Gasteiger charge is -2.62. The van der Waals surface area contributed by atoms with Crippen molar-refractivity contribution < 1.29 is 102 Å². The number of halogens is 4. The molecule has 0 heterocycles. The Morgan fingerprint density at radius 1 is 0.694 bits per heavy atom. The van der Waals surface area contributed by atoms with Crippen LogP contribution in [-0.4, -0.2) is 154 Å². The summed E-state index contributed by atoms with van der Waals surface area (Å²) in [7, 11) is 0. The molecule has 0 bridgehead atoms. The molecule has 19 nitrogen and oxygen atoms in total. The number of amides is 1. The van der Waals surface area contributed by atoms with Crippen molar-refractivity contribution in [2.75, 3.05) is 24.3 Å². The van der Waals surface area contributed by atoms with Crippen LogP contribution in [-0.2, 0) is 41.5 Å². The number of nitrogens with two attached hydrogens (primary N) is 1. The summed E-state index contributed by atoms with van der Waals surface area (Å²) in [4.78, 5) is 72.0. The number of anilines is 2. The molecule has 23 heteroatoms. The highest BCUT2D eigenvalue weighted by atomic mass is 19.2. The largest absolute Gasteiger partial charge is 0.508 e. The number of benzene rings is 4. The van der Waals surface area contributed by atoms with Crippen molar-refractivity contribution in [3.05, 3.63) is 166 Å². The molecule has 0 radical (unpaired) electrons. The van der Waals surface area contributed by atoms with Gasteiger partial charge in [-0.15, -0.1) is 0 Å². The van der Waals surface area contributed by atoms with E-state index in [1.807, 2.05) is 30.3 Å². The van der Waals surface area contributed by atoms with Crippen LogP contribution < -0.4 is 11.1 Å². The van der Waals surface area contributed by atoms with Gasteiger partial charge in [0.2, 0.25) is 0 Å². The zero-order valence-corrected chi connectivity index (χ0v) is 55.5. The Morgan fingerprint density at radius 2 is 1.23 bits per heavy atom.